The lowest BCUT2D eigenvalue weighted by Crippen LogP contribution is -2.50. The van der Waals surface area contributed by atoms with Crippen molar-refractivity contribution in [3.05, 3.63) is 64.7 Å². The van der Waals surface area contributed by atoms with E-state index in [0.29, 0.717) is 31.0 Å². The molecular formula is C20H21ClN2O4S. The molecule has 4 rings (SSSR count). The number of hydrogen-bond acceptors (Lipinski definition) is 4. The lowest BCUT2D eigenvalue weighted by molar-refractivity contribution is 0.136. The summed E-state index contributed by atoms with van der Waals surface area (Å²) in [6, 6.07) is 14.5. The van der Waals surface area contributed by atoms with Crippen LogP contribution in [0.15, 0.2) is 48.5 Å². The Labute approximate surface area is 169 Å². The molecule has 2 aliphatic heterocycles. The summed E-state index contributed by atoms with van der Waals surface area (Å²) in [4.78, 5) is 14.0. The van der Waals surface area contributed by atoms with Crippen LogP contribution in [-0.4, -0.2) is 37.9 Å². The maximum absolute atomic E-state index is 12.7. The van der Waals surface area contributed by atoms with Crippen molar-refractivity contribution in [3.8, 4) is 0 Å². The fourth-order valence-corrected chi connectivity index (χ4v) is 5.57. The summed E-state index contributed by atoms with van der Waals surface area (Å²) in [5.41, 5.74) is 2.44. The number of ether oxygens (including phenoxy) is 1. The molecule has 0 N–H and O–H groups in total. The van der Waals surface area contributed by atoms with Crippen LogP contribution in [0.5, 0.6) is 0 Å². The molecular weight excluding hydrogens is 400 g/mol. The molecule has 1 fully saturated rings. The number of cyclic esters (lactones) is 1. The molecule has 2 aromatic carbocycles. The number of nitrogens with zero attached hydrogens (tertiary/aromatic N) is 2. The number of fused-ring (bicyclic) bond motifs is 1. The third-order valence-corrected chi connectivity index (χ3v) is 7.31. The molecule has 0 bridgehead atoms. The van der Waals surface area contributed by atoms with Gasteiger partial charge in [0.05, 0.1) is 11.4 Å². The monoisotopic (exact) mass is 420 g/mol. The van der Waals surface area contributed by atoms with Gasteiger partial charge >= 0.3 is 6.09 Å². The highest BCUT2D eigenvalue weighted by Gasteiger charge is 2.36. The number of piperidine rings is 1. The van der Waals surface area contributed by atoms with E-state index in [1.807, 2.05) is 36.4 Å². The lowest BCUT2D eigenvalue weighted by atomic mass is 10.0. The second-order valence-electron chi connectivity index (χ2n) is 7.07. The molecule has 2 aliphatic rings. The molecule has 0 aromatic heterocycles. The number of benzene rings is 2. The van der Waals surface area contributed by atoms with Crippen LogP contribution >= 0.6 is 11.6 Å². The fourth-order valence-electron chi connectivity index (χ4n) is 3.81. The third kappa shape index (κ3) is 3.87. The van der Waals surface area contributed by atoms with Crippen molar-refractivity contribution < 1.29 is 17.9 Å². The van der Waals surface area contributed by atoms with Crippen LogP contribution in [0, 0.1) is 0 Å². The van der Waals surface area contributed by atoms with Crippen molar-refractivity contribution in [2.24, 2.45) is 0 Å². The Morgan fingerprint density at radius 1 is 1.07 bits per heavy atom. The smallest absolute Gasteiger partial charge is 0.414 e. The maximum Gasteiger partial charge on any atom is 0.414 e. The van der Waals surface area contributed by atoms with Crippen LogP contribution in [-0.2, 0) is 27.1 Å². The lowest BCUT2D eigenvalue weighted by Gasteiger charge is -2.39. The number of halogens is 1. The Hall–Kier alpha value is -2.09. The summed E-state index contributed by atoms with van der Waals surface area (Å²) in [5, 5.41) is 0.596. The van der Waals surface area contributed by atoms with E-state index in [-0.39, 0.29) is 24.5 Å². The highest BCUT2D eigenvalue weighted by molar-refractivity contribution is 7.88. The Bertz CT molecular complexity index is 973. The van der Waals surface area contributed by atoms with E-state index in [1.54, 1.807) is 17.0 Å². The van der Waals surface area contributed by atoms with Crippen LogP contribution < -0.4 is 4.90 Å². The molecule has 1 saturated heterocycles. The molecule has 0 radical (unpaired) electrons. The predicted molar refractivity (Wildman–Crippen MR) is 108 cm³/mol. The van der Waals surface area contributed by atoms with Crippen LogP contribution in [0.25, 0.3) is 0 Å². The van der Waals surface area contributed by atoms with Gasteiger partial charge in [0.15, 0.2) is 0 Å². The second kappa shape index (κ2) is 7.73. The van der Waals surface area contributed by atoms with Gasteiger partial charge in [-0.3, -0.25) is 4.90 Å². The SMILES string of the molecule is O=C1OCc2cc(Cl)ccc2N1C1CCN(S(=O)(=O)Cc2ccccc2)CC1. The van der Waals surface area contributed by atoms with Gasteiger partial charge in [-0.25, -0.2) is 17.5 Å². The molecule has 1 amide bonds. The zero-order chi connectivity index (χ0) is 19.7. The van der Waals surface area contributed by atoms with E-state index in [9.17, 15) is 13.2 Å². The molecule has 8 heteroatoms. The highest BCUT2D eigenvalue weighted by Crippen LogP contribution is 2.34. The first-order chi connectivity index (χ1) is 13.4. The van der Waals surface area contributed by atoms with Gasteiger partial charge in [-0.15, -0.1) is 0 Å². The highest BCUT2D eigenvalue weighted by atomic mass is 35.5. The van der Waals surface area contributed by atoms with Crippen LogP contribution in [0.1, 0.15) is 24.0 Å². The number of hydrogen-bond donors (Lipinski definition) is 0. The number of anilines is 1. The summed E-state index contributed by atoms with van der Waals surface area (Å²) in [6.07, 6.45) is 0.733. The fraction of sp³-hybridized carbons (Fsp3) is 0.350. The Kier molecular flexibility index (Phi) is 5.31. The number of carbonyl (C=O) groups excluding carboxylic acids is 1. The minimum atomic E-state index is -3.39. The first-order valence-corrected chi connectivity index (χ1v) is 11.2. The van der Waals surface area contributed by atoms with Crippen molar-refractivity contribution in [2.45, 2.75) is 31.2 Å². The topological polar surface area (TPSA) is 66.9 Å². The van der Waals surface area contributed by atoms with E-state index in [0.717, 1.165) is 16.8 Å². The maximum atomic E-state index is 12.7. The van der Waals surface area contributed by atoms with Gasteiger partial charge < -0.3 is 4.74 Å². The summed E-state index contributed by atoms with van der Waals surface area (Å²) in [6.45, 7) is 0.967. The standard InChI is InChI=1S/C20H21ClN2O4S/c21-17-6-7-19-16(12-17)13-27-20(24)23(19)18-8-10-22(11-9-18)28(25,26)14-15-4-2-1-3-5-15/h1-7,12,18H,8-11,13-14H2. The molecule has 0 saturated carbocycles. The zero-order valence-electron chi connectivity index (χ0n) is 15.3. The summed E-state index contributed by atoms with van der Waals surface area (Å²) in [5.74, 6) is -0.00834. The first-order valence-electron chi connectivity index (χ1n) is 9.20. The summed E-state index contributed by atoms with van der Waals surface area (Å²) < 4.78 is 32.3. The van der Waals surface area contributed by atoms with Crippen molar-refractivity contribution >= 4 is 33.4 Å². The second-order valence-corrected chi connectivity index (χ2v) is 9.47. The Balaban J connectivity index is 1.46. The van der Waals surface area contributed by atoms with E-state index < -0.39 is 10.0 Å². The van der Waals surface area contributed by atoms with Crippen LogP contribution in [0.2, 0.25) is 5.02 Å². The molecule has 0 atom stereocenters. The average Bonchev–Trinajstić information content (AvgIpc) is 2.69. The normalized spacial score (nSPS) is 18.6. The van der Waals surface area contributed by atoms with Crippen molar-refractivity contribution in [1.29, 1.82) is 0 Å². The van der Waals surface area contributed by atoms with E-state index in [4.69, 9.17) is 16.3 Å². The number of sulfonamides is 1. The quantitative estimate of drug-likeness (QED) is 0.754. The number of rotatable bonds is 4. The molecule has 28 heavy (non-hydrogen) atoms. The van der Waals surface area contributed by atoms with Gasteiger partial charge in [0.1, 0.15) is 6.61 Å². The number of carbonyl (C=O) groups is 1. The van der Waals surface area contributed by atoms with Gasteiger partial charge in [0.25, 0.3) is 0 Å². The molecule has 0 aliphatic carbocycles. The van der Waals surface area contributed by atoms with Gasteiger partial charge in [-0.2, -0.15) is 0 Å². The Morgan fingerprint density at radius 3 is 2.50 bits per heavy atom. The molecule has 148 valence electrons. The van der Waals surface area contributed by atoms with Gasteiger partial charge in [0.2, 0.25) is 10.0 Å². The molecule has 6 nitrogen and oxygen atoms in total. The van der Waals surface area contributed by atoms with Gasteiger partial charge in [-0.05, 0) is 36.6 Å². The largest absolute Gasteiger partial charge is 0.444 e. The molecule has 0 unspecified atom stereocenters. The average molecular weight is 421 g/mol. The first kappa shape index (κ1) is 19.2. The predicted octanol–water partition coefficient (Wildman–Crippen LogP) is 3.79. The van der Waals surface area contributed by atoms with Crippen molar-refractivity contribution in [3.63, 3.8) is 0 Å². The van der Waals surface area contributed by atoms with E-state index in [2.05, 4.69) is 0 Å². The van der Waals surface area contributed by atoms with Crippen LogP contribution in [0.4, 0.5) is 10.5 Å². The summed E-state index contributed by atoms with van der Waals surface area (Å²) in [7, 11) is -3.39. The van der Waals surface area contributed by atoms with Crippen molar-refractivity contribution in [1.82, 2.24) is 4.31 Å². The van der Waals surface area contributed by atoms with Crippen LogP contribution in [0.3, 0.4) is 0 Å². The summed E-state index contributed by atoms with van der Waals surface area (Å²) >= 11 is 6.05. The zero-order valence-corrected chi connectivity index (χ0v) is 16.8. The Morgan fingerprint density at radius 2 is 1.79 bits per heavy atom. The molecule has 2 heterocycles. The minimum absolute atomic E-state index is 0.00834. The van der Waals surface area contributed by atoms with Gasteiger partial charge in [-0.1, -0.05) is 41.9 Å². The minimum Gasteiger partial charge on any atom is -0.444 e. The molecule has 2 aromatic rings. The van der Waals surface area contributed by atoms with Crippen molar-refractivity contribution in [2.75, 3.05) is 18.0 Å². The molecule has 0 spiro atoms. The van der Waals surface area contributed by atoms with Gasteiger partial charge in [0, 0.05) is 29.7 Å². The third-order valence-electron chi connectivity index (χ3n) is 5.22. The van der Waals surface area contributed by atoms with E-state index >= 15 is 0 Å². The van der Waals surface area contributed by atoms with E-state index in [1.165, 1.54) is 4.31 Å². The number of amides is 1.